The smallest absolute Gasteiger partial charge is 0.310 e. The minimum atomic E-state index is -1.05. The van der Waals surface area contributed by atoms with Crippen LogP contribution < -0.4 is 10.1 Å². The lowest BCUT2D eigenvalue weighted by molar-refractivity contribution is -0.151. The zero-order valence-electron chi connectivity index (χ0n) is 23.8. The second-order valence-electron chi connectivity index (χ2n) is 10.3. The molecule has 2 aromatic carbocycles. The minimum Gasteiger partial charge on any atom is -0.508 e. The Hall–Kier alpha value is -4.13. The summed E-state index contributed by atoms with van der Waals surface area (Å²) in [5.41, 5.74) is 3.28. The molecule has 3 N–H and O–H groups in total. The van der Waals surface area contributed by atoms with E-state index in [0.717, 1.165) is 29.7 Å². The monoisotopic (exact) mass is 544 g/mol. The van der Waals surface area contributed by atoms with E-state index in [4.69, 9.17) is 4.74 Å². The van der Waals surface area contributed by atoms with Crippen LogP contribution in [0.2, 0.25) is 0 Å². The lowest BCUT2D eigenvalue weighted by atomic mass is 9.79. The van der Waals surface area contributed by atoms with Crippen LogP contribution in [0.3, 0.4) is 0 Å². The Morgan fingerprint density at radius 1 is 1.05 bits per heavy atom. The van der Waals surface area contributed by atoms with Crippen molar-refractivity contribution < 1.29 is 24.5 Å². The number of aryl methyl sites for hydroxylation is 1. The molecule has 7 heteroatoms. The molecular weight excluding hydrogens is 504 g/mol. The van der Waals surface area contributed by atoms with Gasteiger partial charge in [0.05, 0.1) is 17.7 Å². The van der Waals surface area contributed by atoms with Gasteiger partial charge in [0.1, 0.15) is 5.75 Å². The molecule has 40 heavy (non-hydrogen) atoms. The maximum absolute atomic E-state index is 12.6. The number of carboxylic acid groups (broad SMARTS) is 1. The van der Waals surface area contributed by atoms with Crippen molar-refractivity contribution in [2.24, 2.45) is 5.41 Å². The fourth-order valence-electron chi connectivity index (χ4n) is 4.61. The predicted molar refractivity (Wildman–Crippen MR) is 159 cm³/mol. The van der Waals surface area contributed by atoms with Crippen LogP contribution in [0.1, 0.15) is 81.2 Å². The standard InChI is InChI=1S/C33H40N2O5/c1-5-33(6-2,32(38)39)22-30(37)34-28-13-7-11-25(21-28)15-17-27-12-8-14-31(35-27)40-19-9-10-23(3)26-16-18-29(36)24(4)20-26/h7-8,11-18,20-21,23,36H,5-6,9-10,19,22H2,1-4H3,(H,34,37)(H,38,39)/b17-15+. The third-order valence-corrected chi connectivity index (χ3v) is 7.49. The van der Waals surface area contributed by atoms with Crippen molar-refractivity contribution in [2.75, 3.05) is 11.9 Å². The highest BCUT2D eigenvalue weighted by atomic mass is 16.5. The minimum absolute atomic E-state index is 0.0680. The van der Waals surface area contributed by atoms with Gasteiger partial charge in [-0.25, -0.2) is 4.98 Å². The van der Waals surface area contributed by atoms with Crippen molar-refractivity contribution in [2.45, 2.75) is 65.7 Å². The Kier molecular flexibility index (Phi) is 10.9. The van der Waals surface area contributed by atoms with E-state index in [9.17, 15) is 19.8 Å². The van der Waals surface area contributed by atoms with Crippen molar-refractivity contribution in [1.29, 1.82) is 0 Å². The first-order valence-electron chi connectivity index (χ1n) is 13.9. The van der Waals surface area contributed by atoms with Gasteiger partial charge in [0.2, 0.25) is 11.8 Å². The number of carboxylic acids is 1. The number of amides is 1. The van der Waals surface area contributed by atoms with Crippen molar-refractivity contribution in [1.82, 2.24) is 4.98 Å². The molecule has 0 aliphatic heterocycles. The first-order chi connectivity index (χ1) is 19.2. The molecule has 1 unspecified atom stereocenters. The molecule has 1 aromatic heterocycles. The Morgan fingerprint density at radius 2 is 1.80 bits per heavy atom. The molecular formula is C33H40N2O5. The molecule has 0 spiro atoms. The third kappa shape index (κ3) is 8.43. The summed E-state index contributed by atoms with van der Waals surface area (Å²) in [5.74, 6) is -0.0106. The average Bonchev–Trinajstić information content (AvgIpc) is 2.94. The zero-order valence-corrected chi connectivity index (χ0v) is 23.8. The Labute approximate surface area is 236 Å². The van der Waals surface area contributed by atoms with Crippen molar-refractivity contribution in [3.8, 4) is 11.6 Å². The summed E-state index contributed by atoms with van der Waals surface area (Å²) in [5, 5.41) is 22.2. The molecule has 0 aliphatic rings. The number of ether oxygens (including phenoxy) is 1. The van der Waals surface area contributed by atoms with Gasteiger partial charge in [-0.15, -0.1) is 0 Å². The summed E-state index contributed by atoms with van der Waals surface area (Å²) in [6.45, 7) is 8.23. The first kappa shape index (κ1) is 30.4. The van der Waals surface area contributed by atoms with Crippen LogP contribution >= 0.6 is 0 Å². The molecule has 0 saturated heterocycles. The van der Waals surface area contributed by atoms with Crippen LogP contribution in [0.25, 0.3) is 12.2 Å². The molecule has 212 valence electrons. The van der Waals surface area contributed by atoms with Gasteiger partial charge in [-0.2, -0.15) is 0 Å². The highest BCUT2D eigenvalue weighted by Crippen LogP contribution is 2.31. The second kappa shape index (κ2) is 14.3. The molecule has 0 aliphatic carbocycles. The molecule has 7 nitrogen and oxygen atoms in total. The van der Waals surface area contributed by atoms with E-state index in [2.05, 4.69) is 17.2 Å². The van der Waals surface area contributed by atoms with Gasteiger partial charge in [0.25, 0.3) is 0 Å². The number of carbonyl (C=O) groups excluding carboxylic acids is 1. The van der Waals surface area contributed by atoms with Crippen molar-refractivity contribution in [3.05, 3.63) is 83.0 Å². The molecule has 3 aromatic rings. The Balaban J connectivity index is 1.53. The highest BCUT2D eigenvalue weighted by Gasteiger charge is 2.37. The van der Waals surface area contributed by atoms with Gasteiger partial charge >= 0.3 is 5.97 Å². The highest BCUT2D eigenvalue weighted by molar-refractivity contribution is 5.94. The van der Waals surface area contributed by atoms with Gasteiger partial charge in [-0.3, -0.25) is 9.59 Å². The SMILES string of the molecule is CCC(CC)(CC(=O)Nc1cccc(/C=C/c2cccc(OCCCC(C)c3ccc(O)c(C)c3)n2)c1)C(=O)O. The van der Waals surface area contributed by atoms with Crippen LogP contribution in [-0.2, 0) is 9.59 Å². The van der Waals surface area contributed by atoms with Gasteiger partial charge in [-0.1, -0.05) is 57.2 Å². The Morgan fingerprint density at radius 3 is 2.50 bits per heavy atom. The summed E-state index contributed by atoms with van der Waals surface area (Å²) in [6, 6.07) is 18.8. The van der Waals surface area contributed by atoms with E-state index >= 15 is 0 Å². The maximum atomic E-state index is 12.6. The molecule has 0 radical (unpaired) electrons. The maximum Gasteiger partial charge on any atom is 0.310 e. The number of aromatic nitrogens is 1. The predicted octanol–water partition coefficient (Wildman–Crippen LogP) is 7.45. The number of phenolic OH excluding ortho intramolecular Hbond substituents is 1. The van der Waals surface area contributed by atoms with E-state index in [-0.39, 0.29) is 12.3 Å². The number of rotatable bonds is 14. The fourth-order valence-corrected chi connectivity index (χ4v) is 4.61. The van der Waals surface area contributed by atoms with Crippen molar-refractivity contribution >= 4 is 29.7 Å². The average molecular weight is 545 g/mol. The summed E-state index contributed by atoms with van der Waals surface area (Å²) in [6.07, 6.45) is 6.35. The van der Waals surface area contributed by atoms with Crippen LogP contribution in [-0.4, -0.2) is 33.7 Å². The van der Waals surface area contributed by atoms with E-state index in [1.54, 1.807) is 26.0 Å². The number of hydrogen-bond donors (Lipinski definition) is 3. The largest absolute Gasteiger partial charge is 0.508 e. The van der Waals surface area contributed by atoms with Crippen LogP contribution in [0, 0.1) is 12.3 Å². The number of nitrogens with one attached hydrogen (secondary N) is 1. The number of aliphatic carboxylic acids is 1. The molecule has 0 bridgehead atoms. The molecule has 0 fully saturated rings. The zero-order chi connectivity index (χ0) is 29.1. The number of nitrogens with zero attached hydrogens (tertiary/aromatic N) is 1. The first-order valence-corrected chi connectivity index (χ1v) is 13.9. The van der Waals surface area contributed by atoms with E-state index < -0.39 is 11.4 Å². The molecule has 0 saturated carbocycles. The Bertz CT molecular complexity index is 1330. The number of benzene rings is 2. The van der Waals surface area contributed by atoms with Crippen LogP contribution in [0.5, 0.6) is 11.6 Å². The van der Waals surface area contributed by atoms with Crippen molar-refractivity contribution in [3.63, 3.8) is 0 Å². The molecule has 1 amide bonds. The van der Waals surface area contributed by atoms with E-state index in [0.29, 0.717) is 42.7 Å². The normalized spacial score (nSPS) is 12.3. The van der Waals surface area contributed by atoms with Crippen LogP contribution in [0.15, 0.2) is 60.7 Å². The van der Waals surface area contributed by atoms with Gasteiger partial charge in [0, 0.05) is 18.2 Å². The summed E-state index contributed by atoms with van der Waals surface area (Å²) >= 11 is 0. The summed E-state index contributed by atoms with van der Waals surface area (Å²) in [4.78, 5) is 28.9. The molecule has 3 rings (SSSR count). The quantitative estimate of drug-likeness (QED) is 0.182. The van der Waals surface area contributed by atoms with E-state index in [1.165, 1.54) is 5.56 Å². The number of hydrogen-bond acceptors (Lipinski definition) is 5. The van der Waals surface area contributed by atoms with Gasteiger partial charge < -0.3 is 20.3 Å². The number of aromatic hydroxyl groups is 1. The van der Waals surface area contributed by atoms with Crippen LogP contribution in [0.4, 0.5) is 5.69 Å². The fraction of sp³-hybridized carbons (Fsp3) is 0.364. The number of anilines is 1. The topological polar surface area (TPSA) is 109 Å². The number of pyridine rings is 1. The summed E-state index contributed by atoms with van der Waals surface area (Å²) < 4.78 is 5.89. The van der Waals surface area contributed by atoms with Gasteiger partial charge in [-0.05, 0) is 85.6 Å². The molecule has 1 heterocycles. The molecule has 1 atom stereocenters. The van der Waals surface area contributed by atoms with E-state index in [1.807, 2.05) is 67.6 Å². The second-order valence-corrected chi connectivity index (χ2v) is 10.3. The number of carbonyl (C=O) groups is 2. The van der Waals surface area contributed by atoms with Gasteiger partial charge in [0.15, 0.2) is 0 Å². The number of phenols is 1. The lowest BCUT2D eigenvalue weighted by Gasteiger charge is -2.25. The third-order valence-electron chi connectivity index (χ3n) is 7.49. The lowest BCUT2D eigenvalue weighted by Crippen LogP contribution is -2.34. The summed E-state index contributed by atoms with van der Waals surface area (Å²) in [7, 11) is 0.